The van der Waals surface area contributed by atoms with Crippen LogP contribution in [0.3, 0.4) is 0 Å². The average molecular weight is 525 g/mol. The Bertz CT molecular complexity index is 1340. The Morgan fingerprint density at radius 2 is 1.91 bits per heavy atom. The largest absolute Gasteiger partial charge is 0.473 e. The molecule has 1 aliphatic carbocycles. The minimum absolute atomic E-state index is 0.0863. The maximum absolute atomic E-state index is 14.2. The number of rotatable bonds is 7. The van der Waals surface area contributed by atoms with Crippen LogP contribution in [0.2, 0.25) is 4.34 Å². The minimum atomic E-state index is -3.65. The van der Waals surface area contributed by atoms with Gasteiger partial charge in [-0.2, -0.15) is 0 Å². The summed E-state index contributed by atoms with van der Waals surface area (Å²) in [6.45, 7) is 0. The van der Waals surface area contributed by atoms with Crippen LogP contribution in [0.15, 0.2) is 64.5 Å². The van der Waals surface area contributed by atoms with Gasteiger partial charge in [0.2, 0.25) is 15.9 Å². The first-order valence-electron chi connectivity index (χ1n) is 10.3. The second-order valence-corrected chi connectivity index (χ2v) is 11.2. The molecule has 0 fully saturated rings. The van der Waals surface area contributed by atoms with E-state index in [0.29, 0.717) is 28.1 Å². The van der Waals surface area contributed by atoms with E-state index in [9.17, 15) is 22.0 Å². The number of anilines is 1. The van der Waals surface area contributed by atoms with E-state index in [-0.39, 0.29) is 21.3 Å². The zero-order chi connectivity index (χ0) is 24.3. The summed E-state index contributed by atoms with van der Waals surface area (Å²) in [5.41, 5.74) is 0.264. The van der Waals surface area contributed by atoms with Crippen molar-refractivity contribution in [1.29, 1.82) is 0 Å². The maximum atomic E-state index is 14.2. The summed E-state index contributed by atoms with van der Waals surface area (Å²) in [5.74, 6) is -2.82. The maximum Gasteiger partial charge on any atom is 0.271 e. The monoisotopic (exact) mass is 524 g/mol. The smallest absolute Gasteiger partial charge is 0.271 e. The van der Waals surface area contributed by atoms with Crippen LogP contribution in [0.25, 0.3) is 0 Å². The van der Waals surface area contributed by atoms with Crippen LogP contribution in [0, 0.1) is 11.6 Å². The lowest BCUT2D eigenvalue weighted by atomic mass is 10.1. The first kappa shape index (κ1) is 24.3. The molecular weight excluding hydrogens is 506 g/mol. The number of carbonyl (C=O) groups is 1. The number of sulfone groups is 1. The number of allylic oxidation sites excluding steroid dienone is 2. The summed E-state index contributed by atoms with van der Waals surface area (Å²) in [6, 6.07) is 8.32. The van der Waals surface area contributed by atoms with Gasteiger partial charge in [0, 0.05) is 16.5 Å². The minimum Gasteiger partial charge on any atom is -0.473 e. The molecule has 1 heterocycles. The molecule has 1 N–H and O–H groups in total. The number of ether oxygens (including phenoxy) is 1. The van der Waals surface area contributed by atoms with Crippen LogP contribution >= 0.6 is 22.9 Å². The summed E-state index contributed by atoms with van der Waals surface area (Å²) in [4.78, 5) is 17.4. The van der Waals surface area contributed by atoms with Gasteiger partial charge in [0.05, 0.1) is 11.1 Å². The Labute approximate surface area is 204 Å². The Kier molecular flexibility index (Phi) is 7.30. The van der Waals surface area contributed by atoms with Gasteiger partial charge in [-0.25, -0.2) is 22.2 Å². The molecule has 0 saturated carbocycles. The highest BCUT2D eigenvalue weighted by Crippen LogP contribution is 2.31. The molecule has 1 amide bonds. The van der Waals surface area contributed by atoms with E-state index in [0.717, 1.165) is 36.3 Å². The number of nitrogens with zero attached hydrogens (tertiary/aromatic N) is 1. The van der Waals surface area contributed by atoms with Crippen LogP contribution in [0.4, 0.5) is 13.9 Å². The van der Waals surface area contributed by atoms with E-state index < -0.39 is 33.5 Å². The SMILES string of the molecule is O=C(Nc1ncc(Cl)s1)C(Oc1ccc(F)cc1F)c1ccc(S(=O)(=O)C2=CCCCC2)cc1. The lowest BCUT2D eigenvalue weighted by molar-refractivity contribution is -0.123. The fourth-order valence-electron chi connectivity index (χ4n) is 3.48. The van der Waals surface area contributed by atoms with E-state index in [4.69, 9.17) is 16.3 Å². The van der Waals surface area contributed by atoms with E-state index in [2.05, 4.69) is 10.3 Å². The summed E-state index contributed by atoms with van der Waals surface area (Å²) in [6.07, 6.45) is 4.68. The number of nitrogens with one attached hydrogen (secondary N) is 1. The van der Waals surface area contributed by atoms with Crippen LogP contribution in [-0.4, -0.2) is 19.3 Å². The van der Waals surface area contributed by atoms with E-state index in [1.54, 1.807) is 6.08 Å². The normalized spacial score (nSPS) is 14.9. The van der Waals surface area contributed by atoms with E-state index in [1.807, 2.05) is 0 Å². The van der Waals surface area contributed by atoms with E-state index in [1.165, 1.54) is 30.5 Å². The number of aromatic nitrogens is 1. The van der Waals surface area contributed by atoms with Gasteiger partial charge in [-0.1, -0.05) is 41.1 Å². The topological polar surface area (TPSA) is 85.4 Å². The number of halogens is 3. The molecule has 1 unspecified atom stereocenters. The molecule has 2 aromatic carbocycles. The van der Waals surface area contributed by atoms with Gasteiger partial charge in [0.25, 0.3) is 5.91 Å². The number of thiazole rings is 1. The fourth-order valence-corrected chi connectivity index (χ4v) is 5.84. The van der Waals surface area contributed by atoms with Crippen molar-refractivity contribution in [3.63, 3.8) is 0 Å². The van der Waals surface area contributed by atoms with Gasteiger partial charge >= 0.3 is 0 Å². The van der Waals surface area contributed by atoms with Crippen molar-refractivity contribution in [3.8, 4) is 5.75 Å². The zero-order valence-electron chi connectivity index (χ0n) is 17.6. The number of benzene rings is 2. The quantitative estimate of drug-likeness (QED) is 0.406. The van der Waals surface area contributed by atoms with Gasteiger partial charge in [0.15, 0.2) is 16.7 Å². The third-order valence-electron chi connectivity index (χ3n) is 5.17. The molecule has 6 nitrogen and oxygen atoms in total. The molecule has 1 aliphatic rings. The first-order valence-corrected chi connectivity index (χ1v) is 13.0. The molecule has 1 aromatic heterocycles. The molecule has 0 saturated heterocycles. The van der Waals surface area contributed by atoms with Gasteiger partial charge in [-0.3, -0.25) is 10.1 Å². The fraction of sp³-hybridized carbons (Fsp3) is 0.217. The van der Waals surface area contributed by atoms with Crippen molar-refractivity contribution in [3.05, 3.63) is 81.2 Å². The van der Waals surface area contributed by atoms with Crippen molar-refractivity contribution < 1.29 is 26.7 Å². The second-order valence-electron chi connectivity index (χ2n) is 7.52. The molecule has 178 valence electrons. The molecular formula is C23H19ClF2N2O4S2. The van der Waals surface area contributed by atoms with Crippen LogP contribution in [0.5, 0.6) is 5.75 Å². The predicted octanol–water partition coefficient (Wildman–Crippen LogP) is 6.07. The Hall–Kier alpha value is -2.82. The lowest BCUT2D eigenvalue weighted by Gasteiger charge is -2.19. The number of amides is 1. The van der Waals surface area contributed by atoms with Gasteiger partial charge < -0.3 is 4.74 Å². The molecule has 34 heavy (non-hydrogen) atoms. The van der Waals surface area contributed by atoms with Gasteiger partial charge in [0.1, 0.15) is 10.2 Å². The highest BCUT2D eigenvalue weighted by atomic mass is 35.5. The average Bonchev–Trinajstić information content (AvgIpc) is 3.23. The standard InChI is InChI=1S/C23H19ClF2N2O4S2/c24-20-13-27-23(33-20)28-22(29)21(32-19-11-8-15(25)12-18(19)26)14-6-9-17(10-7-14)34(30,31)16-4-2-1-3-5-16/h4,6-13,21H,1-3,5H2,(H,27,28,29). The highest BCUT2D eigenvalue weighted by Gasteiger charge is 2.27. The number of hydrogen-bond donors (Lipinski definition) is 1. The number of hydrogen-bond acceptors (Lipinski definition) is 6. The molecule has 11 heteroatoms. The van der Waals surface area contributed by atoms with Gasteiger partial charge in [-0.05, 0) is 49.9 Å². The zero-order valence-corrected chi connectivity index (χ0v) is 20.0. The van der Waals surface area contributed by atoms with Crippen molar-refractivity contribution in [2.75, 3.05) is 5.32 Å². The Morgan fingerprint density at radius 1 is 1.15 bits per heavy atom. The van der Waals surface area contributed by atoms with Crippen molar-refractivity contribution in [2.45, 2.75) is 36.7 Å². The van der Waals surface area contributed by atoms with Crippen molar-refractivity contribution in [2.24, 2.45) is 0 Å². The van der Waals surface area contributed by atoms with Crippen LogP contribution < -0.4 is 10.1 Å². The summed E-state index contributed by atoms with van der Waals surface area (Å²) >= 11 is 6.88. The molecule has 0 radical (unpaired) electrons. The Morgan fingerprint density at radius 3 is 2.53 bits per heavy atom. The highest BCUT2D eigenvalue weighted by molar-refractivity contribution is 7.95. The lowest BCUT2D eigenvalue weighted by Crippen LogP contribution is -2.26. The molecule has 3 aromatic rings. The number of carbonyl (C=O) groups excluding carboxylic acids is 1. The second kappa shape index (κ2) is 10.2. The third-order valence-corrected chi connectivity index (χ3v) is 8.16. The third kappa shape index (κ3) is 5.45. The summed E-state index contributed by atoms with van der Waals surface area (Å²) < 4.78 is 59.4. The van der Waals surface area contributed by atoms with Crippen molar-refractivity contribution >= 4 is 43.8 Å². The molecule has 4 rings (SSSR count). The summed E-state index contributed by atoms with van der Waals surface area (Å²) in [5, 5.41) is 2.74. The Balaban J connectivity index is 1.64. The molecule has 0 bridgehead atoms. The summed E-state index contributed by atoms with van der Waals surface area (Å²) in [7, 11) is -3.65. The molecule has 0 aliphatic heterocycles. The molecule has 1 atom stereocenters. The van der Waals surface area contributed by atoms with Crippen LogP contribution in [0.1, 0.15) is 37.4 Å². The first-order chi connectivity index (χ1) is 16.2. The van der Waals surface area contributed by atoms with Crippen LogP contribution in [-0.2, 0) is 14.6 Å². The van der Waals surface area contributed by atoms with Crippen molar-refractivity contribution in [1.82, 2.24) is 4.98 Å². The van der Waals surface area contributed by atoms with E-state index >= 15 is 0 Å². The predicted molar refractivity (Wildman–Crippen MR) is 126 cm³/mol. The molecule has 0 spiro atoms. The van der Waals surface area contributed by atoms with Gasteiger partial charge in [-0.15, -0.1) is 0 Å².